The molecule has 0 atom stereocenters. The van der Waals surface area contributed by atoms with Crippen LogP contribution in [0.25, 0.3) is 10.8 Å². The van der Waals surface area contributed by atoms with Crippen molar-refractivity contribution in [2.75, 3.05) is 10.6 Å². The molecule has 5 rings (SSSR count). The maximum atomic E-state index is 6.46. The fourth-order valence-electron chi connectivity index (χ4n) is 4.13. The summed E-state index contributed by atoms with van der Waals surface area (Å²) >= 11 is 0. The van der Waals surface area contributed by atoms with Gasteiger partial charge in [-0.05, 0) is 73.3 Å². The van der Waals surface area contributed by atoms with E-state index in [0.717, 1.165) is 22.7 Å². The van der Waals surface area contributed by atoms with Gasteiger partial charge in [0.15, 0.2) is 0 Å². The van der Waals surface area contributed by atoms with Crippen LogP contribution < -0.4 is 10.6 Å². The summed E-state index contributed by atoms with van der Waals surface area (Å²) in [5.41, 5.74) is 14.1. The van der Waals surface area contributed by atoms with E-state index in [0.29, 0.717) is 11.4 Å². The van der Waals surface area contributed by atoms with Crippen LogP contribution in [0.1, 0.15) is 11.1 Å². The van der Waals surface area contributed by atoms with E-state index in [1.807, 2.05) is 48.5 Å². The summed E-state index contributed by atoms with van der Waals surface area (Å²) in [6.45, 7) is 4.24. The van der Waals surface area contributed by atoms with Gasteiger partial charge in [0.1, 0.15) is 5.69 Å². The zero-order chi connectivity index (χ0) is 23.5. The molecule has 0 fully saturated rings. The van der Waals surface area contributed by atoms with Gasteiger partial charge in [0.25, 0.3) is 0 Å². The lowest BCUT2D eigenvalue weighted by Crippen LogP contribution is -2.11. The summed E-state index contributed by atoms with van der Waals surface area (Å²) in [4.78, 5) is 2.25. The Morgan fingerprint density at radius 1 is 0.618 bits per heavy atom. The minimum absolute atomic E-state index is 0.575. The lowest BCUT2D eigenvalue weighted by Gasteiger charge is -2.27. The van der Waals surface area contributed by atoms with Crippen LogP contribution >= 0.6 is 0 Å². The van der Waals surface area contributed by atoms with E-state index in [1.54, 1.807) is 0 Å². The Morgan fingerprint density at radius 3 is 2.03 bits per heavy atom. The van der Waals surface area contributed by atoms with Gasteiger partial charge < -0.3 is 10.6 Å². The molecule has 0 aliphatic carbocycles. The highest BCUT2D eigenvalue weighted by atomic mass is 15.1. The number of azo groups is 1. The second-order valence-electron chi connectivity index (χ2n) is 8.40. The van der Waals surface area contributed by atoms with E-state index < -0.39 is 0 Å². The molecule has 5 aromatic rings. The first-order valence-corrected chi connectivity index (χ1v) is 11.3. The SMILES string of the molecule is Cc1ccc(N(c2ccc(N=Nc3ccccc3)c(N)c2)c2ccc(C)c3ccccc23)cc1. The van der Waals surface area contributed by atoms with Crippen LogP contribution in [0, 0.1) is 13.8 Å². The summed E-state index contributed by atoms with van der Waals surface area (Å²) in [6.07, 6.45) is 0. The van der Waals surface area contributed by atoms with Gasteiger partial charge in [0.2, 0.25) is 0 Å². The van der Waals surface area contributed by atoms with Crippen molar-refractivity contribution in [3.8, 4) is 0 Å². The third-order valence-electron chi connectivity index (χ3n) is 5.95. The van der Waals surface area contributed by atoms with E-state index in [-0.39, 0.29) is 0 Å². The van der Waals surface area contributed by atoms with E-state index in [4.69, 9.17) is 5.73 Å². The Balaban J connectivity index is 1.62. The zero-order valence-electron chi connectivity index (χ0n) is 19.3. The van der Waals surface area contributed by atoms with Gasteiger partial charge in [-0.2, -0.15) is 5.11 Å². The van der Waals surface area contributed by atoms with Crippen LogP contribution in [0.2, 0.25) is 0 Å². The lowest BCUT2D eigenvalue weighted by molar-refractivity contribution is 1.23. The summed E-state index contributed by atoms with van der Waals surface area (Å²) in [5, 5.41) is 11.1. The van der Waals surface area contributed by atoms with Crippen LogP contribution in [0.3, 0.4) is 0 Å². The molecular weight excluding hydrogens is 416 g/mol. The van der Waals surface area contributed by atoms with E-state index in [1.165, 1.54) is 21.9 Å². The second kappa shape index (κ2) is 9.20. The van der Waals surface area contributed by atoms with Crippen LogP contribution in [0.15, 0.2) is 119 Å². The smallest absolute Gasteiger partial charge is 0.109 e. The first-order valence-electron chi connectivity index (χ1n) is 11.3. The number of aryl methyl sites for hydroxylation is 2. The summed E-state index contributed by atoms with van der Waals surface area (Å²) in [6, 6.07) is 37.0. The average Bonchev–Trinajstić information content (AvgIpc) is 2.87. The van der Waals surface area contributed by atoms with Crippen molar-refractivity contribution in [2.24, 2.45) is 10.2 Å². The van der Waals surface area contributed by atoms with Gasteiger partial charge in [-0.3, -0.25) is 0 Å². The van der Waals surface area contributed by atoms with Gasteiger partial charge in [0, 0.05) is 16.8 Å². The molecule has 5 aromatic carbocycles. The predicted octanol–water partition coefficient (Wildman–Crippen LogP) is 8.92. The maximum absolute atomic E-state index is 6.46. The third kappa shape index (κ3) is 4.26. The monoisotopic (exact) mass is 442 g/mol. The van der Waals surface area contributed by atoms with Crippen molar-refractivity contribution in [1.29, 1.82) is 0 Å². The first kappa shape index (κ1) is 21.4. The number of fused-ring (bicyclic) bond motifs is 1. The molecule has 0 saturated carbocycles. The molecule has 0 aliphatic rings. The molecule has 0 aliphatic heterocycles. The Kier molecular flexibility index (Phi) is 5.79. The number of nitrogen functional groups attached to an aromatic ring is 1. The first-order chi connectivity index (χ1) is 16.6. The van der Waals surface area contributed by atoms with E-state index in [2.05, 4.69) is 89.6 Å². The topological polar surface area (TPSA) is 54.0 Å². The molecule has 0 radical (unpaired) electrons. The molecule has 0 unspecified atom stereocenters. The molecule has 0 heterocycles. The van der Waals surface area contributed by atoms with Crippen LogP contribution in [-0.2, 0) is 0 Å². The van der Waals surface area contributed by atoms with Gasteiger partial charge >= 0.3 is 0 Å². The molecule has 0 spiro atoms. The fraction of sp³-hybridized carbons (Fsp3) is 0.0667. The number of benzene rings is 5. The van der Waals surface area contributed by atoms with Crippen molar-refractivity contribution in [3.63, 3.8) is 0 Å². The number of anilines is 4. The largest absolute Gasteiger partial charge is 0.397 e. The quantitative estimate of drug-likeness (QED) is 0.218. The van der Waals surface area contributed by atoms with Gasteiger partial charge in [-0.15, -0.1) is 5.11 Å². The number of rotatable bonds is 5. The molecule has 0 amide bonds. The highest BCUT2D eigenvalue weighted by Crippen LogP contribution is 2.41. The highest BCUT2D eigenvalue weighted by molar-refractivity contribution is 6.00. The minimum atomic E-state index is 0.575. The van der Waals surface area contributed by atoms with Crippen LogP contribution in [0.4, 0.5) is 34.1 Å². The van der Waals surface area contributed by atoms with Crippen molar-refractivity contribution in [1.82, 2.24) is 0 Å². The fourth-order valence-corrected chi connectivity index (χ4v) is 4.13. The Labute approximate surface area is 200 Å². The van der Waals surface area contributed by atoms with Crippen molar-refractivity contribution >= 4 is 44.9 Å². The van der Waals surface area contributed by atoms with Crippen molar-refractivity contribution < 1.29 is 0 Å². The minimum Gasteiger partial charge on any atom is -0.397 e. The lowest BCUT2D eigenvalue weighted by atomic mass is 10.0. The molecule has 0 saturated heterocycles. The second-order valence-corrected chi connectivity index (χ2v) is 8.40. The van der Waals surface area contributed by atoms with Gasteiger partial charge in [-0.25, -0.2) is 0 Å². The maximum Gasteiger partial charge on any atom is 0.109 e. The standard InChI is InChI=1S/C30H26N4/c1-21-12-15-24(16-13-21)34(30-19-14-22(2)26-10-6-7-11-27(26)30)25-17-18-29(28(31)20-25)33-32-23-8-4-3-5-9-23/h3-20H,31H2,1-2H3. The Bertz CT molecular complexity index is 1470. The summed E-state index contributed by atoms with van der Waals surface area (Å²) < 4.78 is 0. The van der Waals surface area contributed by atoms with E-state index >= 15 is 0 Å². The summed E-state index contributed by atoms with van der Waals surface area (Å²) in [7, 11) is 0. The normalized spacial score (nSPS) is 11.2. The zero-order valence-corrected chi connectivity index (χ0v) is 19.3. The van der Waals surface area contributed by atoms with Crippen LogP contribution in [0.5, 0.6) is 0 Å². The molecule has 34 heavy (non-hydrogen) atoms. The average molecular weight is 443 g/mol. The van der Waals surface area contributed by atoms with Crippen molar-refractivity contribution in [2.45, 2.75) is 13.8 Å². The number of nitrogens with two attached hydrogens (primary N) is 1. The number of hydrogen-bond donors (Lipinski definition) is 1. The van der Waals surface area contributed by atoms with Crippen LogP contribution in [-0.4, -0.2) is 0 Å². The Hall–Kier alpha value is -4.44. The predicted molar refractivity (Wildman–Crippen MR) is 143 cm³/mol. The molecule has 2 N–H and O–H groups in total. The highest BCUT2D eigenvalue weighted by Gasteiger charge is 2.17. The molecule has 0 aromatic heterocycles. The molecule has 4 nitrogen and oxygen atoms in total. The number of hydrogen-bond acceptors (Lipinski definition) is 4. The third-order valence-corrected chi connectivity index (χ3v) is 5.95. The number of nitrogens with zero attached hydrogens (tertiary/aromatic N) is 3. The molecular formula is C30H26N4. The molecule has 166 valence electrons. The van der Waals surface area contributed by atoms with E-state index in [9.17, 15) is 0 Å². The van der Waals surface area contributed by atoms with Gasteiger partial charge in [-0.1, -0.05) is 66.2 Å². The molecule has 0 bridgehead atoms. The summed E-state index contributed by atoms with van der Waals surface area (Å²) in [5.74, 6) is 0. The Morgan fingerprint density at radius 2 is 1.29 bits per heavy atom. The van der Waals surface area contributed by atoms with Crippen molar-refractivity contribution in [3.05, 3.63) is 120 Å². The molecule has 4 heteroatoms. The van der Waals surface area contributed by atoms with Gasteiger partial charge in [0.05, 0.1) is 17.1 Å².